The minimum Gasteiger partial charge on any atom is -0.304 e. The topological polar surface area (TPSA) is 6.48 Å². The van der Waals surface area contributed by atoms with E-state index in [-0.39, 0.29) is 0 Å². The van der Waals surface area contributed by atoms with Gasteiger partial charge in [0.2, 0.25) is 0 Å². The summed E-state index contributed by atoms with van der Waals surface area (Å²) < 4.78 is 0. The Balaban J connectivity index is 2.27. The summed E-state index contributed by atoms with van der Waals surface area (Å²) in [6, 6.07) is 0.531. The summed E-state index contributed by atoms with van der Waals surface area (Å²) in [6.07, 6.45) is 1.17. The molecule has 1 saturated heterocycles. The average Bonchev–Trinajstić information content (AvgIpc) is 2.05. The molecule has 0 aromatic heterocycles. The largest absolute Gasteiger partial charge is 0.304 e. The highest BCUT2D eigenvalue weighted by Gasteiger charge is 2.17. The van der Waals surface area contributed by atoms with Gasteiger partial charge in [0.15, 0.2) is 0 Å². The lowest BCUT2D eigenvalue weighted by Gasteiger charge is -2.35. The third kappa shape index (κ3) is 2.46. The highest BCUT2D eigenvalue weighted by atomic mass is 15.3. The van der Waals surface area contributed by atoms with Gasteiger partial charge in [-0.25, -0.2) is 0 Å². The van der Waals surface area contributed by atoms with Crippen molar-refractivity contribution in [3.8, 4) is 0 Å². The van der Waals surface area contributed by atoms with Crippen LogP contribution in [0.3, 0.4) is 0 Å². The predicted octanol–water partition coefficient (Wildman–Crippen LogP) is 0.846. The van der Waals surface area contributed by atoms with Crippen molar-refractivity contribution in [1.29, 1.82) is 0 Å². The number of rotatable bonds is 2. The molecule has 65 valence electrons. The van der Waals surface area contributed by atoms with Gasteiger partial charge < -0.3 is 4.90 Å². The van der Waals surface area contributed by atoms with Crippen molar-refractivity contribution in [3.05, 3.63) is 6.92 Å². The van der Waals surface area contributed by atoms with Gasteiger partial charge in [0, 0.05) is 32.2 Å². The van der Waals surface area contributed by atoms with Gasteiger partial charge in [0.05, 0.1) is 0 Å². The van der Waals surface area contributed by atoms with Crippen LogP contribution in [0.5, 0.6) is 0 Å². The van der Waals surface area contributed by atoms with Gasteiger partial charge in [0.25, 0.3) is 0 Å². The van der Waals surface area contributed by atoms with E-state index in [1.165, 1.54) is 32.6 Å². The number of hydrogen-bond acceptors (Lipinski definition) is 2. The van der Waals surface area contributed by atoms with Crippen molar-refractivity contribution in [2.45, 2.75) is 19.4 Å². The monoisotopic (exact) mass is 155 g/mol. The third-order valence-corrected chi connectivity index (χ3v) is 2.53. The summed E-state index contributed by atoms with van der Waals surface area (Å²) in [4.78, 5) is 4.85. The second kappa shape index (κ2) is 4.07. The zero-order chi connectivity index (χ0) is 8.27. The number of hydrogen-bond donors (Lipinski definition) is 0. The van der Waals surface area contributed by atoms with Crippen LogP contribution in [-0.4, -0.2) is 49.1 Å². The van der Waals surface area contributed by atoms with Crippen molar-refractivity contribution >= 4 is 0 Å². The third-order valence-electron chi connectivity index (χ3n) is 2.53. The molecular weight excluding hydrogens is 136 g/mol. The van der Waals surface area contributed by atoms with E-state index in [1.807, 2.05) is 0 Å². The smallest absolute Gasteiger partial charge is 0.0113 e. The van der Waals surface area contributed by atoms with Crippen LogP contribution in [0.1, 0.15) is 13.3 Å². The number of piperazine rings is 1. The van der Waals surface area contributed by atoms with Crippen LogP contribution in [0.4, 0.5) is 0 Å². The maximum absolute atomic E-state index is 4.11. The molecule has 11 heavy (non-hydrogen) atoms. The zero-order valence-corrected chi connectivity index (χ0v) is 7.71. The molecule has 1 atom stereocenters. The van der Waals surface area contributed by atoms with Crippen molar-refractivity contribution in [2.24, 2.45) is 0 Å². The van der Waals surface area contributed by atoms with Gasteiger partial charge in [-0.15, -0.1) is 0 Å². The maximum Gasteiger partial charge on any atom is 0.0113 e. The van der Waals surface area contributed by atoms with Crippen molar-refractivity contribution in [2.75, 3.05) is 33.2 Å². The Hall–Kier alpha value is -0.0800. The van der Waals surface area contributed by atoms with Gasteiger partial charge in [-0.1, -0.05) is 6.92 Å². The van der Waals surface area contributed by atoms with Crippen molar-refractivity contribution in [3.63, 3.8) is 0 Å². The molecule has 1 rings (SSSR count). The normalized spacial score (nSPS) is 25.4. The Labute approximate surface area is 70.2 Å². The van der Waals surface area contributed by atoms with E-state index in [9.17, 15) is 0 Å². The molecule has 0 aromatic rings. The molecule has 1 aliphatic rings. The minimum atomic E-state index is 0.531. The van der Waals surface area contributed by atoms with Gasteiger partial charge in [-0.3, -0.25) is 4.90 Å². The lowest BCUT2D eigenvalue weighted by atomic mass is 10.2. The molecule has 0 N–H and O–H groups in total. The van der Waals surface area contributed by atoms with Crippen molar-refractivity contribution < 1.29 is 0 Å². The first kappa shape index (κ1) is 9.01. The predicted molar refractivity (Wildman–Crippen MR) is 48.5 cm³/mol. The summed E-state index contributed by atoms with van der Waals surface area (Å²) in [5.74, 6) is 0. The minimum absolute atomic E-state index is 0.531. The zero-order valence-electron chi connectivity index (χ0n) is 7.71. The molecule has 1 unspecified atom stereocenters. The van der Waals surface area contributed by atoms with E-state index in [2.05, 4.69) is 30.7 Å². The second-order valence-electron chi connectivity index (χ2n) is 3.40. The lowest BCUT2D eigenvalue weighted by molar-refractivity contribution is 0.127. The molecular formula is C9H19N2. The first-order valence-electron chi connectivity index (χ1n) is 4.49. The van der Waals surface area contributed by atoms with Crippen LogP contribution < -0.4 is 0 Å². The fourth-order valence-electron chi connectivity index (χ4n) is 1.45. The number of likely N-dealkylation sites (N-methyl/N-ethyl adjacent to an activating group) is 1. The summed E-state index contributed by atoms with van der Waals surface area (Å²) >= 11 is 0. The van der Waals surface area contributed by atoms with E-state index < -0.39 is 0 Å². The quantitative estimate of drug-likeness (QED) is 0.583. The average molecular weight is 155 g/mol. The Morgan fingerprint density at radius 2 is 1.82 bits per heavy atom. The van der Waals surface area contributed by atoms with E-state index >= 15 is 0 Å². The Bertz CT molecular complexity index is 106. The highest BCUT2D eigenvalue weighted by molar-refractivity contribution is 4.77. The molecule has 2 nitrogen and oxygen atoms in total. The molecule has 0 amide bonds. The molecule has 0 aliphatic carbocycles. The van der Waals surface area contributed by atoms with E-state index in [0.717, 1.165) is 0 Å². The molecule has 0 saturated carbocycles. The van der Waals surface area contributed by atoms with E-state index in [1.54, 1.807) is 0 Å². The fraction of sp³-hybridized carbons (Fsp3) is 0.889. The van der Waals surface area contributed by atoms with Crippen LogP contribution in [0.2, 0.25) is 0 Å². The van der Waals surface area contributed by atoms with Gasteiger partial charge in [-0.2, -0.15) is 0 Å². The summed E-state index contributed by atoms with van der Waals surface area (Å²) in [5.41, 5.74) is 0. The summed E-state index contributed by atoms with van der Waals surface area (Å²) in [6.45, 7) is 11.1. The molecule has 1 radical (unpaired) electrons. The summed E-state index contributed by atoms with van der Waals surface area (Å²) in [5, 5.41) is 0. The fourth-order valence-corrected chi connectivity index (χ4v) is 1.45. The van der Waals surface area contributed by atoms with Crippen LogP contribution in [0.15, 0.2) is 0 Å². The molecule has 0 bridgehead atoms. The Morgan fingerprint density at radius 3 is 2.27 bits per heavy atom. The van der Waals surface area contributed by atoms with Crippen LogP contribution >= 0.6 is 0 Å². The molecule has 0 spiro atoms. The molecule has 1 aliphatic heterocycles. The highest BCUT2D eigenvalue weighted by Crippen LogP contribution is 2.06. The van der Waals surface area contributed by atoms with Gasteiger partial charge in [0.1, 0.15) is 0 Å². The lowest BCUT2D eigenvalue weighted by Crippen LogP contribution is -2.47. The molecule has 1 heterocycles. The Morgan fingerprint density at radius 1 is 1.27 bits per heavy atom. The standard InChI is InChI=1S/C9H19N2/c1-4-9(2)11-7-5-10(3)6-8-11/h9H,2,4-8H2,1,3H3. The molecule has 2 heteroatoms. The molecule has 1 fully saturated rings. The molecule has 0 aromatic carbocycles. The SMILES string of the molecule is [CH2]C(CC)N1CCN(C)CC1. The first-order chi connectivity index (χ1) is 5.24. The van der Waals surface area contributed by atoms with E-state index in [4.69, 9.17) is 0 Å². The van der Waals surface area contributed by atoms with Crippen LogP contribution in [-0.2, 0) is 0 Å². The first-order valence-corrected chi connectivity index (χ1v) is 4.49. The summed E-state index contributed by atoms with van der Waals surface area (Å²) in [7, 11) is 2.18. The number of nitrogens with zero attached hydrogens (tertiary/aromatic N) is 2. The van der Waals surface area contributed by atoms with Crippen LogP contribution in [0.25, 0.3) is 0 Å². The van der Waals surface area contributed by atoms with Gasteiger partial charge in [-0.05, 0) is 20.4 Å². The van der Waals surface area contributed by atoms with E-state index in [0.29, 0.717) is 6.04 Å². The maximum atomic E-state index is 4.11. The van der Waals surface area contributed by atoms with Gasteiger partial charge >= 0.3 is 0 Å². The van der Waals surface area contributed by atoms with Crippen LogP contribution in [0, 0.1) is 6.92 Å². The second-order valence-corrected chi connectivity index (χ2v) is 3.40. The Kier molecular flexibility index (Phi) is 3.34. The van der Waals surface area contributed by atoms with Crippen molar-refractivity contribution in [1.82, 2.24) is 9.80 Å².